The third-order valence-electron chi connectivity index (χ3n) is 5.46. The first-order valence-corrected chi connectivity index (χ1v) is 9.91. The summed E-state index contributed by atoms with van der Waals surface area (Å²) < 4.78 is 38.2. The molecule has 0 aliphatic carbocycles. The minimum absolute atomic E-state index is 0.0449. The van der Waals surface area contributed by atoms with Crippen molar-refractivity contribution in [3.63, 3.8) is 0 Å². The van der Waals surface area contributed by atoms with E-state index < -0.39 is 12.3 Å². The summed E-state index contributed by atoms with van der Waals surface area (Å²) in [6, 6.07) is 2.22. The Morgan fingerprint density at radius 2 is 2.04 bits per heavy atom. The van der Waals surface area contributed by atoms with Gasteiger partial charge in [-0.05, 0) is 48.0 Å². The largest absolute Gasteiger partial charge is 0.418 e. The lowest BCUT2D eigenvalue weighted by Gasteiger charge is -2.61. The molecule has 1 amide bonds. The molecule has 0 aromatic carbocycles. The second-order valence-corrected chi connectivity index (χ2v) is 8.74. The third-order valence-corrected chi connectivity index (χ3v) is 6.44. The summed E-state index contributed by atoms with van der Waals surface area (Å²) in [5, 5.41) is 9.43. The summed E-state index contributed by atoms with van der Waals surface area (Å²) in [7, 11) is 0. The van der Waals surface area contributed by atoms with Gasteiger partial charge < -0.3 is 10.0 Å². The molecule has 3 heterocycles. The molecule has 0 radical (unpaired) electrons. The van der Waals surface area contributed by atoms with Crippen molar-refractivity contribution in [1.29, 1.82) is 0 Å². The van der Waals surface area contributed by atoms with Crippen LogP contribution in [0.3, 0.4) is 0 Å². The van der Waals surface area contributed by atoms with Gasteiger partial charge in [-0.3, -0.25) is 9.78 Å². The molecule has 26 heavy (non-hydrogen) atoms. The highest BCUT2D eigenvalue weighted by Crippen LogP contribution is 2.51. The summed E-state index contributed by atoms with van der Waals surface area (Å²) in [5.41, 5.74) is -0.282. The first kappa shape index (κ1) is 19.5. The summed E-state index contributed by atoms with van der Waals surface area (Å²) in [6.07, 6.45) is -4.12. The van der Waals surface area contributed by atoms with Gasteiger partial charge in [-0.25, -0.2) is 0 Å². The van der Waals surface area contributed by atoms with E-state index in [4.69, 9.17) is 0 Å². The highest BCUT2D eigenvalue weighted by Gasteiger charge is 2.55. The Morgan fingerprint density at radius 3 is 2.62 bits per heavy atom. The molecule has 8 heteroatoms. The first-order chi connectivity index (χ1) is 12.2. The molecule has 1 N–H and O–H groups in total. The molecule has 3 rings (SSSR count). The second-order valence-electron chi connectivity index (χ2n) is 7.52. The fourth-order valence-electron chi connectivity index (χ4n) is 4.32. The summed E-state index contributed by atoms with van der Waals surface area (Å²) >= 11 is 1.92. The summed E-state index contributed by atoms with van der Waals surface area (Å²) in [6.45, 7) is 4.78. The molecular weight excluding hydrogens is 365 g/mol. The number of aromatic nitrogens is 1. The molecule has 0 saturated carbocycles. The average Bonchev–Trinajstić information content (AvgIpc) is 2.58. The van der Waals surface area contributed by atoms with E-state index in [0.717, 1.165) is 42.7 Å². The highest BCUT2D eigenvalue weighted by atomic mass is 32.2. The van der Waals surface area contributed by atoms with Gasteiger partial charge in [-0.1, -0.05) is 13.8 Å². The number of halogens is 3. The highest BCUT2D eigenvalue weighted by molar-refractivity contribution is 7.99. The Kier molecular flexibility index (Phi) is 5.27. The number of thioether (sulfide) groups is 1. The lowest BCUT2D eigenvalue weighted by atomic mass is 9.63. The molecule has 4 nitrogen and oxygen atoms in total. The van der Waals surface area contributed by atoms with Gasteiger partial charge in [0.05, 0.1) is 0 Å². The van der Waals surface area contributed by atoms with Crippen LogP contribution in [0.15, 0.2) is 18.3 Å². The number of aliphatic hydroxyl groups is 1. The van der Waals surface area contributed by atoms with Gasteiger partial charge in [0.25, 0.3) is 5.91 Å². The molecule has 2 aliphatic heterocycles. The molecule has 1 aromatic rings. The van der Waals surface area contributed by atoms with Gasteiger partial charge in [-0.15, -0.1) is 0 Å². The number of amides is 1. The molecule has 2 fully saturated rings. The Labute approximate surface area is 155 Å². The molecular formula is C18H23F3N2O2S. The fourth-order valence-corrected chi connectivity index (χ4v) is 5.62. The smallest absolute Gasteiger partial charge is 0.379 e. The van der Waals surface area contributed by atoms with Crippen molar-refractivity contribution in [1.82, 2.24) is 9.88 Å². The molecule has 1 aromatic heterocycles. The summed E-state index contributed by atoms with van der Waals surface area (Å²) in [5.74, 6) is 2.07. The first-order valence-electron chi connectivity index (χ1n) is 8.75. The molecule has 144 valence electrons. The maximum atomic E-state index is 12.9. The van der Waals surface area contributed by atoms with Crippen LogP contribution in [0.4, 0.5) is 13.2 Å². The normalized spacial score (nSPS) is 23.8. The van der Waals surface area contributed by atoms with Crippen LogP contribution >= 0.6 is 11.8 Å². The maximum absolute atomic E-state index is 12.9. The van der Waals surface area contributed by atoms with Crippen LogP contribution in [0.5, 0.6) is 0 Å². The average molecular weight is 388 g/mol. The quantitative estimate of drug-likeness (QED) is 0.859. The number of nitrogens with zero attached hydrogens (tertiary/aromatic N) is 2. The zero-order valence-corrected chi connectivity index (χ0v) is 15.6. The van der Waals surface area contributed by atoms with E-state index in [1.807, 2.05) is 11.8 Å². The Hall–Kier alpha value is -1.28. The molecule has 2 atom stereocenters. The van der Waals surface area contributed by atoms with Crippen molar-refractivity contribution in [2.45, 2.75) is 45.0 Å². The number of carbonyl (C=O) groups excluding carboxylic acids is 1. The number of carbonyl (C=O) groups is 1. The van der Waals surface area contributed by atoms with Crippen LogP contribution in [-0.2, 0) is 0 Å². The van der Waals surface area contributed by atoms with Crippen LogP contribution < -0.4 is 0 Å². The van der Waals surface area contributed by atoms with Crippen molar-refractivity contribution in [2.24, 2.45) is 11.3 Å². The van der Waals surface area contributed by atoms with Crippen molar-refractivity contribution in [3.8, 4) is 0 Å². The van der Waals surface area contributed by atoms with Crippen LogP contribution in [0.1, 0.15) is 48.8 Å². The van der Waals surface area contributed by atoms with Crippen molar-refractivity contribution in [2.75, 3.05) is 18.1 Å². The van der Waals surface area contributed by atoms with Gasteiger partial charge >= 0.3 is 6.18 Å². The standard InChI is InChI=1S/C18H23F3N2O2S/c1-11(2)14-17(4-7-26-8-5-17)10-23(14)16(25)13-9-12(3-6-22-13)15(24)18(19,20)21/h3,6,9,11,14-15,24H,4-5,7-8,10H2,1-2H3. The van der Waals surface area contributed by atoms with Gasteiger partial charge in [0.1, 0.15) is 5.69 Å². The fraction of sp³-hybridized carbons (Fsp3) is 0.667. The Bertz CT molecular complexity index is 675. The van der Waals surface area contributed by atoms with Crippen LogP contribution in [0, 0.1) is 11.3 Å². The topological polar surface area (TPSA) is 53.4 Å². The van der Waals surface area contributed by atoms with E-state index in [0.29, 0.717) is 6.54 Å². The van der Waals surface area contributed by atoms with Gasteiger partial charge in [-0.2, -0.15) is 24.9 Å². The minimum Gasteiger partial charge on any atom is -0.379 e. The van der Waals surface area contributed by atoms with Gasteiger partial charge in [0, 0.05) is 24.2 Å². The van der Waals surface area contributed by atoms with E-state index in [1.165, 1.54) is 0 Å². The van der Waals surface area contributed by atoms with Crippen LogP contribution in [-0.4, -0.2) is 51.2 Å². The number of hydrogen-bond donors (Lipinski definition) is 1. The van der Waals surface area contributed by atoms with Crippen molar-refractivity contribution < 1.29 is 23.1 Å². The Balaban J connectivity index is 1.81. The third kappa shape index (κ3) is 3.45. The molecule has 2 aliphatic rings. The molecule has 2 saturated heterocycles. The summed E-state index contributed by atoms with van der Waals surface area (Å²) in [4.78, 5) is 18.6. The zero-order chi connectivity index (χ0) is 19.1. The maximum Gasteiger partial charge on any atom is 0.418 e. The number of rotatable bonds is 3. The molecule has 1 spiro atoms. The van der Waals surface area contributed by atoms with Crippen molar-refractivity contribution in [3.05, 3.63) is 29.6 Å². The molecule has 0 bridgehead atoms. The van der Waals surface area contributed by atoms with Crippen LogP contribution in [0.2, 0.25) is 0 Å². The lowest BCUT2D eigenvalue weighted by molar-refractivity contribution is -0.206. The van der Waals surface area contributed by atoms with Crippen LogP contribution in [0.25, 0.3) is 0 Å². The van der Waals surface area contributed by atoms with E-state index in [-0.39, 0.29) is 34.5 Å². The number of pyridine rings is 1. The van der Waals surface area contributed by atoms with E-state index >= 15 is 0 Å². The van der Waals surface area contributed by atoms with Gasteiger partial charge in [0.15, 0.2) is 6.10 Å². The van der Waals surface area contributed by atoms with Crippen molar-refractivity contribution >= 4 is 17.7 Å². The van der Waals surface area contributed by atoms with Gasteiger partial charge in [0.2, 0.25) is 0 Å². The number of likely N-dealkylation sites (tertiary alicyclic amines) is 1. The molecule has 2 unspecified atom stereocenters. The number of alkyl halides is 3. The minimum atomic E-state index is -4.78. The lowest BCUT2D eigenvalue weighted by Crippen LogP contribution is -2.69. The number of hydrogen-bond acceptors (Lipinski definition) is 4. The van der Waals surface area contributed by atoms with E-state index in [1.54, 1.807) is 4.90 Å². The predicted molar refractivity (Wildman–Crippen MR) is 93.9 cm³/mol. The zero-order valence-electron chi connectivity index (χ0n) is 14.8. The number of aliphatic hydroxyl groups excluding tert-OH is 1. The predicted octanol–water partition coefficient (Wildman–Crippen LogP) is 3.67. The SMILES string of the molecule is CC(C)C1N(C(=O)c2cc(C(O)C(F)(F)F)ccn2)CC12CCSCC2. The van der Waals surface area contributed by atoms with E-state index in [2.05, 4.69) is 18.8 Å². The second kappa shape index (κ2) is 7.03. The van der Waals surface area contributed by atoms with E-state index in [9.17, 15) is 23.1 Å². The Morgan fingerprint density at radius 1 is 1.38 bits per heavy atom. The monoisotopic (exact) mass is 388 g/mol.